The monoisotopic (exact) mass is 263 g/mol. The molecule has 0 heterocycles. The summed E-state index contributed by atoms with van der Waals surface area (Å²) in [7, 11) is -2.90. The molecular formula is C11H25N3O2S. The molecule has 0 aliphatic heterocycles. The Morgan fingerprint density at radius 2 is 1.88 bits per heavy atom. The second-order valence-corrected chi connectivity index (χ2v) is 6.25. The molecule has 6 heteroatoms. The topological polar surface area (TPSA) is 70.6 Å². The van der Waals surface area contributed by atoms with E-state index in [2.05, 4.69) is 22.5 Å². The van der Waals surface area contributed by atoms with Gasteiger partial charge in [0.05, 0.1) is 5.75 Å². The number of nitrogens with zero attached hydrogens (tertiary/aromatic N) is 1. The minimum absolute atomic E-state index is 0.154. The summed E-state index contributed by atoms with van der Waals surface area (Å²) in [5, 5.41) is 6.12. The van der Waals surface area contributed by atoms with Gasteiger partial charge in [-0.3, -0.25) is 4.99 Å². The summed E-state index contributed by atoms with van der Waals surface area (Å²) in [6.45, 7) is 7.72. The summed E-state index contributed by atoms with van der Waals surface area (Å²) in [6.07, 6.45) is 2.15. The summed E-state index contributed by atoms with van der Waals surface area (Å²) in [6, 6.07) is 0. The van der Waals surface area contributed by atoms with Gasteiger partial charge in [-0.2, -0.15) is 0 Å². The van der Waals surface area contributed by atoms with E-state index >= 15 is 0 Å². The van der Waals surface area contributed by atoms with Crippen molar-refractivity contribution in [1.29, 1.82) is 0 Å². The van der Waals surface area contributed by atoms with Crippen molar-refractivity contribution in [3.63, 3.8) is 0 Å². The molecule has 5 nitrogen and oxygen atoms in total. The smallest absolute Gasteiger partial charge is 0.191 e. The lowest BCUT2D eigenvalue weighted by molar-refractivity contribution is 0.595. The van der Waals surface area contributed by atoms with Crippen LogP contribution in [0, 0.1) is 0 Å². The number of sulfone groups is 1. The van der Waals surface area contributed by atoms with Crippen LogP contribution in [0.15, 0.2) is 4.99 Å². The van der Waals surface area contributed by atoms with Gasteiger partial charge in [-0.05, 0) is 13.3 Å². The predicted octanol–water partition coefficient (Wildman–Crippen LogP) is 0.776. The third kappa shape index (κ3) is 8.97. The molecular weight excluding hydrogens is 238 g/mol. The van der Waals surface area contributed by atoms with Crippen LogP contribution < -0.4 is 10.6 Å². The van der Waals surface area contributed by atoms with E-state index < -0.39 is 9.84 Å². The van der Waals surface area contributed by atoms with Crippen LogP contribution in [0.3, 0.4) is 0 Å². The van der Waals surface area contributed by atoms with Gasteiger partial charge in [0, 0.05) is 25.4 Å². The number of guanidine groups is 1. The Balaban J connectivity index is 4.04. The van der Waals surface area contributed by atoms with Gasteiger partial charge >= 0.3 is 0 Å². The van der Waals surface area contributed by atoms with Crippen LogP contribution >= 0.6 is 0 Å². The molecule has 0 fully saturated rings. The molecule has 102 valence electrons. The molecule has 0 bridgehead atoms. The maximum Gasteiger partial charge on any atom is 0.191 e. The Kier molecular flexibility index (Phi) is 8.85. The molecule has 17 heavy (non-hydrogen) atoms. The number of hydrogen-bond donors (Lipinski definition) is 2. The van der Waals surface area contributed by atoms with Crippen molar-refractivity contribution >= 4 is 15.8 Å². The first-order valence-electron chi connectivity index (χ1n) is 6.28. The zero-order valence-electron chi connectivity index (χ0n) is 11.1. The van der Waals surface area contributed by atoms with Crippen molar-refractivity contribution in [3.8, 4) is 0 Å². The van der Waals surface area contributed by atoms with Crippen LogP contribution in [-0.2, 0) is 9.84 Å². The van der Waals surface area contributed by atoms with Gasteiger partial charge in [-0.1, -0.05) is 20.3 Å². The normalized spacial score (nSPS) is 12.5. The molecule has 0 saturated heterocycles. The van der Waals surface area contributed by atoms with E-state index in [1.54, 1.807) is 6.92 Å². The summed E-state index contributed by atoms with van der Waals surface area (Å²) in [4.78, 5) is 4.35. The molecule has 0 unspecified atom stereocenters. The lowest BCUT2D eigenvalue weighted by Crippen LogP contribution is -2.39. The third-order valence-corrected chi connectivity index (χ3v) is 3.98. The Labute approximate surface area is 105 Å². The van der Waals surface area contributed by atoms with E-state index in [0.29, 0.717) is 12.5 Å². The van der Waals surface area contributed by atoms with Crippen molar-refractivity contribution in [1.82, 2.24) is 10.6 Å². The Hall–Kier alpha value is -0.780. The van der Waals surface area contributed by atoms with Gasteiger partial charge in [0.25, 0.3) is 0 Å². The third-order valence-electron chi connectivity index (χ3n) is 2.27. The highest BCUT2D eigenvalue weighted by Gasteiger charge is 2.06. The summed E-state index contributed by atoms with van der Waals surface area (Å²) < 4.78 is 22.6. The number of rotatable bonds is 8. The fraction of sp³-hybridized carbons (Fsp3) is 0.909. The van der Waals surface area contributed by atoms with Crippen LogP contribution in [-0.4, -0.2) is 45.5 Å². The fourth-order valence-electron chi connectivity index (χ4n) is 1.16. The van der Waals surface area contributed by atoms with Crippen LogP contribution in [0.2, 0.25) is 0 Å². The van der Waals surface area contributed by atoms with Crippen LogP contribution in [0.1, 0.15) is 33.6 Å². The average molecular weight is 263 g/mol. The molecule has 0 atom stereocenters. The quantitative estimate of drug-likeness (QED) is 0.386. The number of hydrogen-bond acceptors (Lipinski definition) is 3. The first kappa shape index (κ1) is 16.2. The SMILES string of the molecule is CCCCN=C(NCC)NCCS(=O)(=O)CC. The lowest BCUT2D eigenvalue weighted by atomic mass is 10.3. The predicted molar refractivity (Wildman–Crippen MR) is 73.2 cm³/mol. The highest BCUT2D eigenvalue weighted by molar-refractivity contribution is 7.91. The molecule has 0 spiro atoms. The maximum atomic E-state index is 11.3. The zero-order valence-corrected chi connectivity index (χ0v) is 11.9. The summed E-state index contributed by atoms with van der Waals surface area (Å²) in [5.41, 5.74) is 0. The summed E-state index contributed by atoms with van der Waals surface area (Å²) >= 11 is 0. The minimum Gasteiger partial charge on any atom is -0.357 e. The van der Waals surface area contributed by atoms with Crippen molar-refractivity contribution in [2.75, 3.05) is 31.1 Å². The molecule has 0 aliphatic rings. The Bertz CT molecular complexity index is 313. The Morgan fingerprint density at radius 3 is 2.41 bits per heavy atom. The van der Waals surface area contributed by atoms with E-state index in [1.807, 2.05) is 6.92 Å². The molecule has 0 aliphatic carbocycles. The zero-order chi connectivity index (χ0) is 13.1. The maximum absolute atomic E-state index is 11.3. The van der Waals surface area contributed by atoms with Crippen molar-refractivity contribution < 1.29 is 8.42 Å². The molecule has 0 amide bonds. The molecule has 0 aromatic carbocycles. The largest absolute Gasteiger partial charge is 0.357 e. The Morgan fingerprint density at radius 1 is 1.18 bits per heavy atom. The van der Waals surface area contributed by atoms with Crippen LogP contribution in [0.25, 0.3) is 0 Å². The van der Waals surface area contributed by atoms with Crippen molar-refractivity contribution in [2.45, 2.75) is 33.6 Å². The minimum atomic E-state index is -2.90. The van der Waals surface area contributed by atoms with Gasteiger partial charge in [-0.25, -0.2) is 8.42 Å². The van der Waals surface area contributed by atoms with Gasteiger partial charge < -0.3 is 10.6 Å². The fourth-order valence-corrected chi connectivity index (χ4v) is 1.86. The molecule has 0 aromatic heterocycles. The molecule has 2 N–H and O–H groups in total. The molecule has 0 aromatic rings. The lowest BCUT2D eigenvalue weighted by Gasteiger charge is -2.10. The van der Waals surface area contributed by atoms with E-state index in [-0.39, 0.29) is 11.5 Å². The van der Waals surface area contributed by atoms with E-state index in [4.69, 9.17) is 0 Å². The van der Waals surface area contributed by atoms with Gasteiger partial charge in [0.1, 0.15) is 0 Å². The van der Waals surface area contributed by atoms with Gasteiger partial charge in [0.2, 0.25) is 0 Å². The van der Waals surface area contributed by atoms with E-state index in [1.165, 1.54) is 0 Å². The second-order valence-electron chi connectivity index (χ2n) is 3.78. The van der Waals surface area contributed by atoms with Crippen molar-refractivity contribution in [3.05, 3.63) is 0 Å². The molecule has 0 rings (SSSR count). The summed E-state index contributed by atoms with van der Waals surface area (Å²) in [5.74, 6) is 1.05. The van der Waals surface area contributed by atoms with Gasteiger partial charge in [-0.15, -0.1) is 0 Å². The first-order chi connectivity index (χ1) is 8.05. The van der Waals surface area contributed by atoms with Crippen molar-refractivity contribution in [2.24, 2.45) is 4.99 Å². The molecule has 0 saturated carbocycles. The highest BCUT2D eigenvalue weighted by Crippen LogP contribution is 1.89. The van der Waals surface area contributed by atoms with E-state index in [9.17, 15) is 8.42 Å². The standard InChI is InChI=1S/C11H25N3O2S/c1-4-7-8-13-11(12-5-2)14-9-10-17(15,16)6-3/h4-10H2,1-3H3,(H2,12,13,14). The van der Waals surface area contributed by atoms with Crippen LogP contribution in [0.4, 0.5) is 0 Å². The van der Waals surface area contributed by atoms with E-state index in [0.717, 1.165) is 25.9 Å². The second kappa shape index (κ2) is 9.27. The average Bonchev–Trinajstić information content (AvgIpc) is 2.29. The number of nitrogens with one attached hydrogen (secondary N) is 2. The first-order valence-corrected chi connectivity index (χ1v) is 8.10. The van der Waals surface area contributed by atoms with Gasteiger partial charge in [0.15, 0.2) is 15.8 Å². The van der Waals surface area contributed by atoms with Crippen LogP contribution in [0.5, 0.6) is 0 Å². The number of aliphatic imine (C=N–C) groups is 1. The molecule has 0 radical (unpaired) electrons. The highest BCUT2D eigenvalue weighted by atomic mass is 32.2. The number of unbranched alkanes of at least 4 members (excludes halogenated alkanes) is 1.